The van der Waals surface area contributed by atoms with Crippen LogP contribution < -0.4 is 0 Å². The number of rotatable bonds is 3. The summed E-state index contributed by atoms with van der Waals surface area (Å²) in [6.07, 6.45) is 0. The molecule has 3 aromatic carbocycles. The Hall–Kier alpha value is -2.24. The van der Waals surface area contributed by atoms with E-state index in [0.717, 1.165) is 5.56 Å². The highest BCUT2D eigenvalue weighted by Gasteiger charge is 2.25. The monoisotopic (exact) mass is 506 g/mol. The first-order valence-electron chi connectivity index (χ1n) is 9.68. The summed E-state index contributed by atoms with van der Waals surface area (Å²) in [6.45, 7) is 6.18. The van der Waals surface area contributed by atoms with Crippen LogP contribution >= 0.6 is 46.4 Å². The highest BCUT2D eigenvalue weighted by atomic mass is 35.5. The average molecular weight is 508 g/mol. The van der Waals surface area contributed by atoms with Crippen molar-refractivity contribution in [2.75, 3.05) is 0 Å². The number of halogens is 4. The molecule has 0 unspecified atom stereocenters. The van der Waals surface area contributed by atoms with Gasteiger partial charge in [0.25, 0.3) is 5.89 Å². The molecule has 1 N–H and O–H groups in total. The molecule has 4 nitrogen and oxygen atoms in total. The average Bonchev–Trinajstić information content (AvgIpc) is 3.17. The summed E-state index contributed by atoms with van der Waals surface area (Å²) in [5.74, 6) is 0.256. The molecule has 0 amide bonds. The van der Waals surface area contributed by atoms with Gasteiger partial charge in [-0.3, -0.25) is 0 Å². The lowest BCUT2D eigenvalue weighted by Gasteiger charge is -2.22. The number of hydrogen-bond acceptors (Lipinski definition) is 4. The molecule has 0 saturated heterocycles. The number of phenolic OH excluding ortho intramolecular Hbond substituents is 1. The van der Waals surface area contributed by atoms with Gasteiger partial charge in [-0.25, -0.2) is 0 Å². The molecule has 0 fully saturated rings. The fourth-order valence-corrected chi connectivity index (χ4v) is 4.49. The van der Waals surface area contributed by atoms with Gasteiger partial charge in [-0.2, -0.15) is 4.98 Å². The number of phenols is 1. The standard InChI is InChI=1S/C24H18Cl4N2O2/c1-24(2,3)12-10-13(19-15(25)6-4-7-16(19)26)21(31)14(11-12)23-29-22(30-32-23)20-17(27)8-5-9-18(20)28/h4-11,31H,1-3H3. The summed E-state index contributed by atoms with van der Waals surface area (Å²) in [7, 11) is 0. The summed E-state index contributed by atoms with van der Waals surface area (Å²) in [6, 6.07) is 14.0. The van der Waals surface area contributed by atoms with Crippen LogP contribution in [-0.4, -0.2) is 15.2 Å². The SMILES string of the molecule is CC(C)(C)c1cc(-c2nc(-c3c(Cl)cccc3Cl)no2)c(O)c(-c2c(Cl)cccc2Cl)c1. The molecule has 4 aromatic rings. The Morgan fingerprint density at radius 2 is 1.28 bits per heavy atom. The van der Waals surface area contributed by atoms with Gasteiger partial charge >= 0.3 is 0 Å². The lowest BCUT2D eigenvalue weighted by molar-refractivity contribution is 0.425. The van der Waals surface area contributed by atoms with Gasteiger partial charge in [0, 0.05) is 11.1 Å². The second kappa shape index (κ2) is 8.60. The zero-order valence-electron chi connectivity index (χ0n) is 17.4. The van der Waals surface area contributed by atoms with Crippen LogP contribution in [0.2, 0.25) is 20.1 Å². The van der Waals surface area contributed by atoms with E-state index in [0.29, 0.717) is 42.3 Å². The fourth-order valence-electron chi connectivity index (χ4n) is 3.32. The van der Waals surface area contributed by atoms with E-state index in [2.05, 4.69) is 30.9 Å². The Kier molecular flexibility index (Phi) is 6.17. The van der Waals surface area contributed by atoms with Crippen molar-refractivity contribution < 1.29 is 9.63 Å². The maximum Gasteiger partial charge on any atom is 0.262 e. The minimum atomic E-state index is -0.250. The summed E-state index contributed by atoms with van der Waals surface area (Å²) in [5, 5.41) is 16.9. The molecule has 0 aliphatic heterocycles. The Balaban J connectivity index is 1.95. The number of hydrogen-bond donors (Lipinski definition) is 1. The van der Waals surface area contributed by atoms with Crippen molar-refractivity contribution in [3.63, 3.8) is 0 Å². The highest BCUT2D eigenvalue weighted by Crippen LogP contribution is 2.46. The van der Waals surface area contributed by atoms with Crippen LogP contribution in [0.4, 0.5) is 0 Å². The van der Waals surface area contributed by atoms with Crippen molar-refractivity contribution in [2.45, 2.75) is 26.2 Å². The highest BCUT2D eigenvalue weighted by molar-refractivity contribution is 6.39. The third kappa shape index (κ3) is 4.20. The second-order valence-corrected chi connectivity index (χ2v) is 9.92. The van der Waals surface area contributed by atoms with Gasteiger partial charge in [-0.15, -0.1) is 0 Å². The van der Waals surface area contributed by atoms with E-state index in [9.17, 15) is 5.11 Å². The molecule has 8 heteroatoms. The van der Waals surface area contributed by atoms with Crippen LogP contribution in [0.1, 0.15) is 26.3 Å². The van der Waals surface area contributed by atoms with Crippen LogP contribution in [0, 0.1) is 0 Å². The number of aromatic nitrogens is 2. The van der Waals surface area contributed by atoms with E-state index in [1.54, 1.807) is 36.4 Å². The smallest absolute Gasteiger partial charge is 0.262 e. The third-order valence-corrected chi connectivity index (χ3v) is 6.31. The molecule has 0 atom stereocenters. The number of benzene rings is 3. The van der Waals surface area contributed by atoms with E-state index in [4.69, 9.17) is 50.9 Å². The molecule has 0 saturated carbocycles. The molecule has 0 aliphatic carbocycles. The molecule has 0 spiro atoms. The molecule has 164 valence electrons. The quantitative estimate of drug-likeness (QED) is 0.301. The lowest BCUT2D eigenvalue weighted by Crippen LogP contribution is -2.11. The van der Waals surface area contributed by atoms with Crippen LogP contribution in [0.3, 0.4) is 0 Å². The summed E-state index contributed by atoms with van der Waals surface area (Å²) >= 11 is 25.5. The third-order valence-electron chi connectivity index (χ3n) is 5.05. The molecular weight excluding hydrogens is 490 g/mol. The number of nitrogens with zero attached hydrogens (tertiary/aromatic N) is 2. The van der Waals surface area contributed by atoms with E-state index in [1.807, 2.05) is 12.1 Å². The van der Waals surface area contributed by atoms with Crippen molar-refractivity contribution in [3.8, 4) is 39.7 Å². The molecule has 1 aromatic heterocycles. The molecule has 0 bridgehead atoms. The van der Waals surface area contributed by atoms with Crippen molar-refractivity contribution >= 4 is 46.4 Å². The van der Waals surface area contributed by atoms with E-state index < -0.39 is 0 Å². The number of aromatic hydroxyl groups is 1. The van der Waals surface area contributed by atoms with Crippen LogP contribution in [0.15, 0.2) is 53.1 Å². The maximum absolute atomic E-state index is 11.2. The van der Waals surface area contributed by atoms with Gasteiger partial charge < -0.3 is 9.63 Å². The summed E-state index contributed by atoms with van der Waals surface area (Å²) < 4.78 is 5.51. The molecule has 1 heterocycles. The molecule has 0 aliphatic rings. The van der Waals surface area contributed by atoms with E-state index in [1.165, 1.54) is 0 Å². The Morgan fingerprint density at radius 1 is 0.781 bits per heavy atom. The lowest BCUT2D eigenvalue weighted by atomic mass is 9.83. The molecular formula is C24H18Cl4N2O2. The van der Waals surface area contributed by atoms with Gasteiger partial charge in [-0.1, -0.05) is 84.5 Å². The van der Waals surface area contributed by atoms with Gasteiger partial charge in [-0.05, 0) is 47.4 Å². The van der Waals surface area contributed by atoms with Gasteiger partial charge in [0.1, 0.15) is 5.75 Å². The van der Waals surface area contributed by atoms with Crippen molar-refractivity contribution in [3.05, 3.63) is 74.2 Å². The molecule has 32 heavy (non-hydrogen) atoms. The molecule has 4 rings (SSSR count). The van der Waals surface area contributed by atoms with E-state index >= 15 is 0 Å². The minimum Gasteiger partial charge on any atom is -0.506 e. The van der Waals surface area contributed by atoms with Crippen LogP contribution in [0.5, 0.6) is 5.75 Å². The minimum absolute atomic E-state index is 0.0755. The van der Waals surface area contributed by atoms with Gasteiger partial charge in [0.15, 0.2) is 0 Å². The zero-order chi connectivity index (χ0) is 23.2. The van der Waals surface area contributed by atoms with Crippen molar-refractivity contribution in [1.29, 1.82) is 0 Å². The van der Waals surface area contributed by atoms with E-state index in [-0.39, 0.29) is 22.9 Å². The second-order valence-electron chi connectivity index (χ2n) is 8.29. The largest absolute Gasteiger partial charge is 0.506 e. The zero-order valence-corrected chi connectivity index (χ0v) is 20.4. The Labute approximate surface area is 205 Å². The summed E-state index contributed by atoms with van der Waals surface area (Å²) in [4.78, 5) is 4.46. The molecule has 0 radical (unpaired) electrons. The van der Waals surface area contributed by atoms with Gasteiger partial charge in [0.05, 0.1) is 31.2 Å². The Bertz CT molecular complexity index is 1290. The topological polar surface area (TPSA) is 59.2 Å². The normalized spacial score (nSPS) is 11.7. The Morgan fingerprint density at radius 3 is 1.81 bits per heavy atom. The predicted molar refractivity (Wildman–Crippen MR) is 131 cm³/mol. The summed E-state index contributed by atoms with van der Waals surface area (Å²) in [5.41, 5.74) is 2.47. The van der Waals surface area contributed by atoms with Gasteiger partial charge in [0.2, 0.25) is 5.82 Å². The maximum atomic E-state index is 11.2. The van der Waals surface area contributed by atoms with Crippen LogP contribution in [-0.2, 0) is 5.41 Å². The van der Waals surface area contributed by atoms with Crippen molar-refractivity contribution in [2.24, 2.45) is 0 Å². The first kappa shape index (κ1) is 22.9. The van der Waals surface area contributed by atoms with Crippen molar-refractivity contribution in [1.82, 2.24) is 10.1 Å². The first-order valence-corrected chi connectivity index (χ1v) is 11.2. The first-order chi connectivity index (χ1) is 15.1. The fraction of sp³-hybridized carbons (Fsp3) is 0.167. The predicted octanol–water partition coefficient (Wildman–Crippen LogP) is 8.69. The van der Waals surface area contributed by atoms with Crippen LogP contribution in [0.25, 0.3) is 34.0 Å².